The Hall–Kier alpha value is -1.99. The molecule has 0 radical (unpaired) electrons. The van der Waals surface area contributed by atoms with Crippen LogP contribution in [0.1, 0.15) is 341 Å². The topological polar surface area (TPSA) is 307 Å². The first kappa shape index (κ1) is 92.2. The number of rotatable bonds is 66. The van der Waals surface area contributed by atoms with Crippen LogP contribution in [0, 0.1) is 0 Å². The SMILES string of the molecule is CCCCCCCCCC/C=C\CCCCCCCCCCCCCCCCCCCCCCCCCCCCCCCC(=O)NC(COC1OC(CO)C(OC2OC(CO)C(OC3OC(CO)C(O)C(O)C3O)C(O)C2O)C(O)C1O)C(O)/C=C/CC/C=C/CCCCCCCCCC. The Morgan fingerprint density at radius 3 is 1.00 bits per heavy atom. The molecule has 19 heteroatoms. The molecule has 100 heavy (non-hydrogen) atoms. The fraction of sp³-hybridized carbons (Fsp3) is 0.914. The van der Waals surface area contributed by atoms with Crippen LogP contribution in [0.2, 0.25) is 0 Å². The Kier molecular flexibility index (Phi) is 57.3. The van der Waals surface area contributed by atoms with Crippen LogP contribution in [-0.2, 0) is 33.2 Å². The summed E-state index contributed by atoms with van der Waals surface area (Å²) in [5, 5.41) is 121. The third-order valence-corrected chi connectivity index (χ3v) is 20.7. The summed E-state index contributed by atoms with van der Waals surface area (Å²) < 4.78 is 34.4. The second-order valence-electron chi connectivity index (χ2n) is 29.6. The van der Waals surface area contributed by atoms with Gasteiger partial charge in [-0.2, -0.15) is 0 Å². The zero-order valence-corrected chi connectivity index (χ0v) is 62.9. The molecule has 0 spiro atoms. The van der Waals surface area contributed by atoms with Crippen molar-refractivity contribution in [3.63, 3.8) is 0 Å². The number of aliphatic hydroxyl groups excluding tert-OH is 11. The number of nitrogens with one attached hydrogen (secondary N) is 1. The number of hydrogen-bond acceptors (Lipinski definition) is 18. The highest BCUT2D eigenvalue weighted by molar-refractivity contribution is 5.76. The molecule has 3 heterocycles. The lowest BCUT2D eigenvalue weighted by atomic mass is 9.96. The van der Waals surface area contributed by atoms with Gasteiger partial charge in [0.15, 0.2) is 18.9 Å². The van der Waals surface area contributed by atoms with Crippen molar-refractivity contribution in [2.75, 3.05) is 26.4 Å². The summed E-state index contributed by atoms with van der Waals surface area (Å²) in [7, 11) is 0. The molecular weight excluding hydrogens is 1270 g/mol. The first-order chi connectivity index (χ1) is 48.8. The molecule has 3 saturated heterocycles. The van der Waals surface area contributed by atoms with E-state index in [9.17, 15) is 61.0 Å². The molecule has 17 unspecified atom stereocenters. The maximum atomic E-state index is 13.4. The van der Waals surface area contributed by atoms with E-state index in [0.717, 1.165) is 38.5 Å². The quantitative estimate of drug-likeness (QED) is 0.0199. The van der Waals surface area contributed by atoms with Crippen LogP contribution in [0.15, 0.2) is 36.5 Å². The molecule has 588 valence electrons. The second kappa shape index (κ2) is 62.1. The summed E-state index contributed by atoms with van der Waals surface area (Å²) in [5.41, 5.74) is 0. The van der Waals surface area contributed by atoms with E-state index in [2.05, 4.69) is 43.5 Å². The predicted octanol–water partition coefficient (Wildman–Crippen LogP) is 13.9. The highest BCUT2D eigenvalue weighted by Gasteiger charge is 2.54. The van der Waals surface area contributed by atoms with Gasteiger partial charge in [-0.3, -0.25) is 4.79 Å². The van der Waals surface area contributed by atoms with Gasteiger partial charge in [-0.15, -0.1) is 0 Å². The summed E-state index contributed by atoms with van der Waals surface area (Å²) in [5.74, 6) is -0.280. The molecule has 3 fully saturated rings. The molecule has 0 aromatic carbocycles. The van der Waals surface area contributed by atoms with Crippen molar-refractivity contribution in [1.82, 2.24) is 5.32 Å². The number of unbranched alkanes of at least 4 members (excludes halogenated alkanes) is 46. The maximum absolute atomic E-state index is 13.4. The average molecular weight is 1430 g/mol. The van der Waals surface area contributed by atoms with Crippen LogP contribution < -0.4 is 5.32 Å². The monoisotopic (exact) mass is 1430 g/mol. The lowest BCUT2D eigenvalue weighted by molar-refractivity contribution is -0.379. The Morgan fingerprint density at radius 2 is 0.640 bits per heavy atom. The highest BCUT2D eigenvalue weighted by atomic mass is 16.8. The van der Waals surface area contributed by atoms with E-state index in [4.69, 9.17) is 28.4 Å². The molecule has 3 aliphatic heterocycles. The maximum Gasteiger partial charge on any atom is 0.220 e. The van der Waals surface area contributed by atoms with Crippen LogP contribution in [-0.4, -0.2) is 193 Å². The van der Waals surface area contributed by atoms with Crippen LogP contribution in [0.25, 0.3) is 0 Å². The molecule has 12 N–H and O–H groups in total. The average Bonchev–Trinajstić information content (AvgIpc) is 0.783. The van der Waals surface area contributed by atoms with Gasteiger partial charge in [-0.05, 0) is 57.8 Å². The molecule has 0 aromatic rings. The Labute approximate surface area is 606 Å². The number of ether oxygens (including phenoxy) is 6. The number of amides is 1. The van der Waals surface area contributed by atoms with Gasteiger partial charge in [0.1, 0.15) is 73.2 Å². The standard InChI is InChI=1S/C81H151NO18/c1-3-5-7-9-11-13-15-17-19-20-21-22-23-24-25-26-27-28-29-30-31-32-33-34-35-36-37-38-39-40-41-42-43-44-45-47-49-51-53-55-57-59-69(87)82-64(65(86)58-56-54-52-50-48-46-18-16-14-12-10-8-6-4-2)63-95-79-75(93)72(90)77(67(61-84)97-79)100-81-76(94)73(91)78(68(62-85)98-81)99-80-74(92)71(89)70(88)66(60-83)96-80/h20-21,48,50,56,58,64-68,70-81,83-86,88-94H,3-19,22-47,49,51-55,57,59-63H2,1-2H3,(H,82,87)/b21-20-,50-48+,58-56+. The Morgan fingerprint density at radius 1 is 0.350 bits per heavy atom. The van der Waals surface area contributed by atoms with Gasteiger partial charge in [0.05, 0.1) is 38.6 Å². The minimum Gasteiger partial charge on any atom is -0.394 e. The van der Waals surface area contributed by atoms with Gasteiger partial charge < -0.3 is 89.9 Å². The van der Waals surface area contributed by atoms with Crippen molar-refractivity contribution in [2.45, 2.75) is 446 Å². The first-order valence-electron chi connectivity index (χ1n) is 41.2. The fourth-order valence-electron chi connectivity index (χ4n) is 14.0. The van der Waals surface area contributed by atoms with E-state index in [-0.39, 0.29) is 18.9 Å². The van der Waals surface area contributed by atoms with Gasteiger partial charge in [-0.1, -0.05) is 314 Å². The molecule has 0 aromatic heterocycles. The van der Waals surface area contributed by atoms with Crippen molar-refractivity contribution >= 4 is 5.91 Å². The molecule has 17 atom stereocenters. The normalized spacial score (nSPS) is 26.6. The number of allylic oxidation sites excluding steroid dienone is 5. The Bertz CT molecular complexity index is 1950. The molecule has 0 bridgehead atoms. The van der Waals surface area contributed by atoms with Crippen LogP contribution in [0.3, 0.4) is 0 Å². The van der Waals surface area contributed by atoms with E-state index in [1.165, 1.54) is 270 Å². The van der Waals surface area contributed by atoms with E-state index >= 15 is 0 Å². The third-order valence-electron chi connectivity index (χ3n) is 20.7. The van der Waals surface area contributed by atoms with Gasteiger partial charge in [-0.25, -0.2) is 0 Å². The lowest BCUT2D eigenvalue weighted by Crippen LogP contribution is -2.66. The summed E-state index contributed by atoms with van der Waals surface area (Å²) in [6.07, 6.45) is 50.5. The van der Waals surface area contributed by atoms with Crippen molar-refractivity contribution in [3.05, 3.63) is 36.5 Å². The zero-order chi connectivity index (χ0) is 72.5. The Balaban J connectivity index is 1.27. The fourth-order valence-corrected chi connectivity index (χ4v) is 14.0. The molecular formula is C81H151NO18. The van der Waals surface area contributed by atoms with E-state index in [1.54, 1.807) is 6.08 Å². The molecule has 19 nitrogen and oxygen atoms in total. The first-order valence-corrected chi connectivity index (χ1v) is 41.2. The lowest BCUT2D eigenvalue weighted by Gasteiger charge is -2.48. The number of carbonyl (C=O) groups excluding carboxylic acids is 1. The minimum atomic E-state index is -1.98. The molecule has 3 aliphatic rings. The van der Waals surface area contributed by atoms with Gasteiger partial charge in [0.25, 0.3) is 0 Å². The van der Waals surface area contributed by atoms with E-state index in [0.29, 0.717) is 12.8 Å². The molecule has 0 saturated carbocycles. The number of aliphatic hydroxyl groups is 11. The van der Waals surface area contributed by atoms with Crippen LogP contribution in [0.5, 0.6) is 0 Å². The van der Waals surface area contributed by atoms with Crippen molar-refractivity contribution in [1.29, 1.82) is 0 Å². The zero-order valence-electron chi connectivity index (χ0n) is 62.9. The van der Waals surface area contributed by atoms with Crippen LogP contribution in [0.4, 0.5) is 0 Å². The van der Waals surface area contributed by atoms with Crippen molar-refractivity contribution in [3.8, 4) is 0 Å². The minimum absolute atomic E-state index is 0.240. The van der Waals surface area contributed by atoms with Crippen molar-refractivity contribution in [2.24, 2.45) is 0 Å². The van der Waals surface area contributed by atoms with E-state index < -0.39 is 124 Å². The van der Waals surface area contributed by atoms with E-state index in [1.807, 2.05) is 6.08 Å². The summed E-state index contributed by atoms with van der Waals surface area (Å²) >= 11 is 0. The molecule has 1 amide bonds. The summed E-state index contributed by atoms with van der Waals surface area (Å²) in [6.45, 7) is 1.74. The smallest absolute Gasteiger partial charge is 0.220 e. The highest BCUT2D eigenvalue weighted by Crippen LogP contribution is 2.33. The van der Waals surface area contributed by atoms with Crippen LogP contribution >= 0.6 is 0 Å². The summed E-state index contributed by atoms with van der Waals surface area (Å²) in [6, 6.07) is -0.988. The summed E-state index contributed by atoms with van der Waals surface area (Å²) in [4.78, 5) is 13.4. The molecule has 3 rings (SSSR count). The number of hydrogen-bond donors (Lipinski definition) is 12. The van der Waals surface area contributed by atoms with Gasteiger partial charge in [0, 0.05) is 6.42 Å². The molecule has 0 aliphatic carbocycles. The number of carbonyl (C=O) groups is 1. The second-order valence-corrected chi connectivity index (χ2v) is 29.6. The third kappa shape index (κ3) is 41.8. The van der Waals surface area contributed by atoms with Gasteiger partial charge in [0.2, 0.25) is 5.91 Å². The van der Waals surface area contributed by atoms with Crippen molar-refractivity contribution < 1.29 is 89.4 Å². The predicted molar refractivity (Wildman–Crippen MR) is 397 cm³/mol. The van der Waals surface area contributed by atoms with Gasteiger partial charge >= 0.3 is 0 Å². The largest absolute Gasteiger partial charge is 0.394 e.